The van der Waals surface area contributed by atoms with Crippen molar-refractivity contribution in [2.45, 2.75) is 32.4 Å². The van der Waals surface area contributed by atoms with Crippen LogP contribution in [0.2, 0.25) is 0 Å². The van der Waals surface area contributed by atoms with Crippen molar-refractivity contribution < 1.29 is 4.79 Å². The van der Waals surface area contributed by atoms with Crippen molar-refractivity contribution in [3.05, 3.63) is 24.0 Å². The van der Waals surface area contributed by atoms with E-state index in [1.54, 1.807) is 0 Å². The van der Waals surface area contributed by atoms with Crippen LogP contribution in [0.15, 0.2) is 18.3 Å². The Morgan fingerprint density at radius 2 is 2.35 bits per heavy atom. The molecule has 1 saturated carbocycles. The Bertz CT molecular complexity index is 437. The van der Waals surface area contributed by atoms with E-state index >= 15 is 0 Å². The van der Waals surface area contributed by atoms with Crippen LogP contribution in [-0.2, 0) is 11.3 Å². The van der Waals surface area contributed by atoms with E-state index in [4.69, 9.17) is 18.0 Å². The number of rotatable bonds is 5. The van der Waals surface area contributed by atoms with Gasteiger partial charge in [-0.1, -0.05) is 12.2 Å². The molecule has 2 N–H and O–H groups in total. The summed E-state index contributed by atoms with van der Waals surface area (Å²) in [6, 6.07) is 4.15. The lowest BCUT2D eigenvalue weighted by molar-refractivity contribution is -0.132. The van der Waals surface area contributed by atoms with Gasteiger partial charge in [0, 0.05) is 18.8 Å². The first kappa shape index (κ1) is 12.1. The van der Waals surface area contributed by atoms with Gasteiger partial charge in [-0.2, -0.15) is 0 Å². The molecule has 0 radical (unpaired) electrons. The molecule has 0 saturated heterocycles. The molecule has 1 aromatic rings. The molecular weight excluding hydrogens is 234 g/mol. The topological polar surface area (TPSA) is 51.3 Å². The van der Waals surface area contributed by atoms with Gasteiger partial charge in [0.1, 0.15) is 11.5 Å². The molecular formula is C12H17N3OS. The number of carbonyl (C=O) groups is 1. The average Bonchev–Trinajstić information content (AvgIpc) is 2.98. The van der Waals surface area contributed by atoms with Gasteiger partial charge in [0.05, 0.1) is 5.69 Å². The molecule has 1 heterocycles. The summed E-state index contributed by atoms with van der Waals surface area (Å²) in [6.07, 6.45) is 4.11. The fourth-order valence-corrected chi connectivity index (χ4v) is 2.22. The highest BCUT2D eigenvalue weighted by atomic mass is 32.1. The maximum absolute atomic E-state index is 12.1. The predicted molar refractivity (Wildman–Crippen MR) is 70.7 cm³/mol. The fraction of sp³-hybridized carbons (Fsp3) is 0.500. The Kier molecular flexibility index (Phi) is 3.47. The Hall–Kier alpha value is -1.36. The summed E-state index contributed by atoms with van der Waals surface area (Å²) in [6.45, 7) is 3.11. The molecule has 4 nitrogen and oxygen atoms in total. The zero-order chi connectivity index (χ0) is 12.4. The predicted octanol–water partition coefficient (Wildman–Crippen LogP) is 1.13. The zero-order valence-corrected chi connectivity index (χ0v) is 10.7. The lowest BCUT2D eigenvalue weighted by atomic mass is 10.4. The van der Waals surface area contributed by atoms with E-state index in [0.29, 0.717) is 17.6 Å². The van der Waals surface area contributed by atoms with Crippen LogP contribution in [0, 0.1) is 0 Å². The van der Waals surface area contributed by atoms with Crippen molar-refractivity contribution in [3.63, 3.8) is 0 Å². The van der Waals surface area contributed by atoms with E-state index in [-0.39, 0.29) is 5.91 Å². The van der Waals surface area contributed by atoms with Crippen LogP contribution in [-0.4, -0.2) is 32.9 Å². The highest BCUT2D eigenvalue weighted by molar-refractivity contribution is 7.80. The van der Waals surface area contributed by atoms with Crippen molar-refractivity contribution >= 4 is 23.1 Å². The summed E-state index contributed by atoms with van der Waals surface area (Å²) in [4.78, 5) is 14.4. The van der Waals surface area contributed by atoms with Crippen LogP contribution >= 0.6 is 12.2 Å². The Morgan fingerprint density at radius 1 is 1.65 bits per heavy atom. The van der Waals surface area contributed by atoms with Crippen molar-refractivity contribution in [1.82, 2.24) is 9.47 Å². The Morgan fingerprint density at radius 3 is 2.88 bits per heavy atom. The maximum atomic E-state index is 12.1. The number of amides is 1. The van der Waals surface area contributed by atoms with Gasteiger partial charge in [0.15, 0.2) is 0 Å². The first-order valence-electron chi connectivity index (χ1n) is 5.88. The largest absolute Gasteiger partial charge is 0.388 e. The van der Waals surface area contributed by atoms with Crippen LogP contribution in [0.5, 0.6) is 0 Å². The summed E-state index contributed by atoms with van der Waals surface area (Å²) in [5.74, 6) is 0.142. The highest BCUT2D eigenvalue weighted by Crippen LogP contribution is 2.26. The van der Waals surface area contributed by atoms with Crippen molar-refractivity contribution in [2.24, 2.45) is 5.73 Å². The van der Waals surface area contributed by atoms with Gasteiger partial charge in [0.25, 0.3) is 0 Å². The molecule has 1 aromatic heterocycles. The second-order valence-corrected chi connectivity index (χ2v) is 4.74. The highest BCUT2D eigenvalue weighted by Gasteiger charge is 2.31. The minimum atomic E-state index is 0.142. The van der Waals surface area contributed by atoms with Crippen LogP contribution in [0.4, 0.5) is 0 Å². The number of likely N-dealkylation sites (N-methyl/N-ethyl adjacent to an activating group) is 1. The van der Waals surface area contributed by atoms with Crippen LogP contribution in [0.25, 0.3) is 0 Å². The van der Waals surface area contributed by atoms with Crippen LogP contribution < -0.4 is 5.73 Å². The summed E-state index contributed by atoms with van der Waals surface area (Å²) in [7, 11) is 0. The molecule has 5 heteroatoms. The molecule has 0 unspecified atom stereocenters. The number of carbonyl (C=O) groups excluding carboxylic acids is 1. The van der Waals surface area contributed by atoms with E-state index in [0.717, 1.165) is 25.1 Å². The summed E-state index contributed by atoms with van der Waals surface area (Å²) >= 11 is 4.95. The minimum absolute atomic E-state index is 0.142. The van der Waals surface area contributed by atoms with Crippen molar-refractivity contribution in [1.29, 1.82) is 0 Å². The smallest absolute Gasteiger partial charge is 0.242 e. The molecule has 1 amide bonds. The Balaban J connectivity index is 2.06. The lowest BCUT2D eigenvalue weighted by Gasteiger charge is -2.21. The number of hydrogen-bond donors (Lipinski definition) is 1. The first-order chi connectivity index (χ1) is 8.13. The van der Waals surface area contributed by atoms with Gasteiger partial charge in [0.2, 0.25) is 5.91 Å². The first-order valence-corrected chi connectivity index (χ1v) is 6.28. The zero-order valence-electron chi connectivity index (χ0n) is 9.93. The molecule has 0 aromatic carbocycles. The van der Waals surface area contributed by atoms with Gasteiger partial charge in [-0.05, 0) is 31.9 Å². The second kappa shape index (κ2) is 4.87. The second-order valence-electron chi connectivity index (χ2n) is 4.30. The minimum Gasteiger partial charge on any atom is -0.388 e. The van der Waals surface area contributed by atoms with Crippen molar-refractivity contribution in [3.8, 4) is 0 Å². The monoisotopic (exact) mass is 251 g/mol. The Labute approximate surface area is 106 Å². The van der Waals surface area contributed by atoms with E-state index in [2.05, 4.69) is 0 Å². The fourth-order valence-electron chi connectivity index (χ4n) is 2.04. The normalized spacial score (nSPS) is 14.6. The molecule has 17 heavy (non-hydrogen) atoms. The molecule has 1 fully saturated rings. The number of hydrogen-bond acceptors (Lipinski definition) is 2. The molecule has 0 bridgehead atoms. The third kappa shape index (κ3) is 2.66. The molecule has 1 aliphatic rings. The molecule has 92 valence electrons. The SMILES string of the molecule is CCN(C(=O)Cn1cccc1C(N)=S)C1CC1. The summed E-state index contributed by atoms with van der Waals surface area (Å²) in [5, 5.41) is 0. The van der Waals surface area contributed by atoms with Crippen LogP contribution in [0.1, 0.15) is 25.5 Å². The van der Waals surface area contributed by atoms with Crippen molar-refractivity contribution in [2.75, 3.05) is 6.54 Å². The molecule has 0 atom stereocenters. The molecule has 1 aliphatic carbocycles. The van der Waals surface area contributed by atoms with Crippen LogP contribution in [0.3, 0.4) is 0 Å². The van der Waals surface area contributed by atoms with Gasteiger partial charge >= 0.3 is 0 Å². The average molecular weight is 251 g/mol. The number of thiocarbonyl (C=S) groups is 1. The third-order valence-corrected chi connectivity index (χ3v) is 3.25. The molecule has 2 rings (SSSR count). The van der Waals surface area contributed by atoms with E-state index in [9.17, 15) is 4.79 Å². The van der Waals surface area contributed by atoms with Gasteiger partial charge in [-0.15, -0.1) is 0 Å². The summed E-state index contributed by atoms with van der Waals surface area (Å²) < 4.78 is 1.82. The van der Waals surface area contributed by atoms with Gasteiger partial charge < -0.3 is 15.2 Å². The van der Waals surface area contributed by atoms with E-state index < -0.39 is 0 Å². The molecule has 0 aliphatic heterocycles. The third-order valence-electron chi connectivity index (χ3n) is 3.04. The standard InChI is InChI=1S/C12H17N3OS/c1-2-15(9-5-6-9)11(16)8-14-7-3-4-10(14)12(13)17/h3-4,7,9H,2,5-6,8H2,1H3,(H2,13,17). The molecule has 0 spiro atoms. The van der Waals surface area contributed by atoms with E-state index in [1.165, 1.54) is 0 Å². The lowest BCUT2D eigenvalue weighted by Crippen LogP contribution is -2.36. The number of nitrogens with two attached hydrogens (primary N) is 1. The van der Waals surface area contributed by atoms with Gasteiger partial charge in [-0.25, -0.2) is 0 Å². The van der Waals surface area contributed by atoms with Gasteiger partial charge in [-0.3, -0.25) is 4.79 Å². The quantitative estimate of drug-likeness (QED) is 0.798. The van der Waals surface area contributed by atoms with E-state index in [1.807, 2.05) is 34.7 Å². The maximum Gasteiger partial charge on any atom is 0.242 e. The number of nitrogens with zero attached hydrogens (tertiary/aromatic N) is 2. The summed E-state index contributed by atoms with van der Waals surface area (Å²) in [5.41, 5.74) is 6.35. The number of aromatic nitrogens is 1.